The average Bonchev–Trinajstić information content (AvgIpc) is 2.65. The van der Waals surface area contributed by atoms with Gasteiger partial charge in [-0.25, -0.2) is 4.79 Å². The van der Waals surface area contributed by atoms with Crippen LogP contribution in [0.4, 0.5) is 5.69 Å². The standard InChI is InChI=1S/C19H20N2O5/c1-2-13-3-7-15(8-4-13)21-18(23)12-26-19(24)14-5-9-16(10-6-14)25-11-17(20)22/h3-10H,2,11-12H2,1H3,(H2,20,22)(H,21,23). The van der Waals surface area contributed by atoms with Gasteiger partial charge in [-0.1, -0.05) is 19.1 Å². The molecule has 2 aromatic carbocycles. The maximum absolute atomic E-state index is 11.9. The van der Waals surface area contributed by atoms with Crippen LogP contribution in [0.1, 0.15) is 22.8 Å². The van der Waals surface area contributed by atoms with E-state index in [0.717, 1.165) is 12.0 Å². The Morgan fingerprint density at radius 3 is 2.19 bits per heavy atom. The van der Waals surface area contributed by atoms with Crippen molar-refractivity contribution in [2.75, 3.05) is 18.5 Å². The van der Waals surface area contributed by atoms with Crippen molar-refractivity contribution in [2.24, 2.45) is 5.73 Å². The summed E-state index contributed by atoms with van der Waals surface area (Å²) in [6.45, 7) is 1.40. The second kappa shape index (κ2) is 9.22. The van der Waals surface area contributed by atoms with Gasteiger partial charge in [-0.3, -0.25) is 9.59 Å². The van der Waals surface area contributed by atoms with Crippen molar-refractivity contribution in [1.29, 1.82) is 0 Å². The maximum Gasteiger partial charge on any atom is 0.338 e. The number of esters is 1. The first kappa shape index (κ1) is 19.0. The van der Waals surface area contributed by atoms with Crippen LogP contribution in [-0.2, 0) is 20.7 Å². The van der Waals surface area contributed by atoms with E-state index in [1.165, 1.54) is 24.3 Å². The summed E-state index contributed by atoms with van der Waals surface area (Å²) >= 11 is 0. The summed E-state index contributed by atoms with van der Waals surface area (Å²) in [6.07, 6.45) is 0.915. The third-order valence-corrected chi connectivity index (χ3v) is 3.45. The second-order valence-electron chi connectivity index (χ2n) is 5.45. The highest BCUT2D eigenvalue weighted by Crippen LogP contribution is 2.13. The highest BCUT2D eigenvalue weighted by Gasteiger charge is 2.11. The molecule has 0 atom stereocenters. The number of amides is 2. The molecule has 0 bridgehead atoms. The number of nitrogens with one attached hydrogen (secondary N) is 1. The highest BCUT2D eigenvalue weighted by atomic mass is 16.5. The molecule has 136 valence electrons. The zero-order chi connectivity index (χ0) is 18.9. The van der Waals surface area contributed by atoms with Crippen molar-refractivity contribution < 1.29 is 23.9 Å². The number of benzene rings is 2. The third kappa shape index (κ3) is 5.94. The van der Waals surface area contributed by atoms with Gasteiger partial charge in [0.05, 0.1) is 5.56 Å². The number of hydrogen-bond donors (Lipinski definition) is 2. The molecule has 7 nitrogen and oxygen atoms in total. The van der Waals surface area contributed by atoms with Crippen molar-refractivity contribution in [2.45, 2.75) is 13.3 Å². The number of aryl methyl sites for hydroxylation is 1. The summed E-state index contributed by atoms with van der Waals surface area (Å²) in [4.78, 5) is 34.4. The van der Waals surface area contributed by atoms with Gasteiger partial charge in [-0.15, -0.1) is 0 Å². The van der Waals surface area contributed by atoms with Crippen LogP contribution in [0.5, 0.6) is 5.75 Å². The molecule has 26 heavy (non-hydrogen) atoms. The lowest BCUT2D eigenvalue weighted by Crippen LogP contribution is -2.21. The van der Waals surface area contributed by atoms with E-state index >= 15 is 0 Å². The number of rotatable bonds is 8. The third-order valence-electron chi connectivity index (χ3n) is 3.45. The number of carbonyl (C=O) groups excluding carboxylic acids is 3. The van der Waals surface area contributed by atoms with Gasteiger partial charge in [-0.05, 0) is 48.4 Å². The lowest BCUT2D eigenvalue weighted by molar-refractivity contribution is -0.120. The Morgan fingerprint density at radius 1 is 0.962 bits per heavy atom. The predicted octanol–water partition coefficient (Wildman–Crippen LogP) is 1.91. The Morgan fingerprint density at radius 2 is 1.62 bits per heavy atom. The summed E-state index contributed by atoms with van der Waals surface area (Å²) in [5, 5.41) is 2.66. The Hall–Kier alpha value is -3.35. The van der Waals surface area contributed by atoms with E-state index in [0.29, 0.717) is 11.4 Å². The normalized spacial score (nSPS) is 10.0. The van der Waals surface area contributed by atoms with Crippen LogP contribution in [0, 0.1) is 0 Å². The highest BCUT2D eigenvalue weighted by molar-refractivity contribution is 5.95. The molecule has 2 aromatic rings. The second-order valence-corrected chi connectivity index (χ2v) is 5.45. The van der Waals surface area contributed by atoms with Crippen molar-refractivity contribution in [3.63, 3.8) is 0 Å². The van der Waals surface area contributed by atoms with Crippen LogP contribution >= 0.6 is 0 Å². The molecular formula is C19H20N2O5. The van der Waals surface area contributed by atoms with Crippen molar-refractivity contribution >= 4 is 23.5 Å². The van der Waals surface area contributed by atoms with Crippen LogP contribution < -0.4 is 15.8 Å². The summed E-state index contributed by atoms with van der Waals surface area (Å²) in [7, 11) is 0. The number of hydrogen-bond acceptors (Lipinski definition) is 5. The Labute approximate surface area is 151 Å². The van der Waals surface area contributed by atoms with Gasteiger partial charge in [0.2, 0.25) is 0 Å². The molecule has 0 fully saturated rings. The fraction of sp³-hybridized carbons (Fsp3) is 0.211. The van der Waals surface area contributed by atoms with E-state index in [1.807, 2.05) is 19.1 Å². The molecule has 3 N–H and O–H groups in total. The van der Waals surface area contributed by atoms with Gasteiger partial charge in [0.1, 0.15) is 5.75 Å². The molecule has 0 spiro atoms. The molecular weight excluding hydrogens is 336 g/mol. The first-order chi connectivity index (χ1) is 12.5. The molecule has 0 unspecified atom stereocenters. The number of anilines is 1. The van der Waals surface area contributed by atoms with Crippen molar-refractivity contribution in [3.05, 3.63) is 59.7 Å². The minimum atomic E-state index is -0.636. The molecule has 7 heteroatoms. The molecule has 2 amide bonds. The van der Waals surface area contributed by atoms with Crippen molar-refractivity contribution in [3.8, 4) is 5.75 Å². The predicted molar refractivity (Wildman–Crippen MR) is 95.9 cm³/mol. The molecule has 0 aromatic heterocycles. The minimum Gasteiger partial charge on any atom is -0.484 e. The van der Waals surface area contributed by atoms with E-state index in [4.69, 9.17) is 15.2 Å². The summed E-state index contributed by atoms with van der Waals surface area (Å²) in [6, 6.07) is 13.4. The van der Waals surface area contributed by atoms with Gasteiger partial charge < -0.3 is 20.5 Å². The maximum atomic E-state index is 11.9. The van der Waals surface area contributed by atoms with Gasteiger partial charge in [0, 0.05) is 5.69 Å². The zero-order valence-electron chi connectivity index (χ0n) is 14.4. The molecule has 0 aliphatic rings. The van der Waals surface area contributed by atoms with Crippen LogP contribution in [-0.4, -0.2) is 31.0 Å². The largest absolute Gasteiger partial charge is 0.484 e. The van der Waals surface area contributed by atoms with Gasteiger partial charge in [0.15, 0.2) is 13.2 Å². The molecule has 0 aliphatic heterocycles. The van der Waals surface area contributed by atoms with E-state index < -0.39 is 24.4 Å². The first-order valence-corrected chi connectivity index (χ1v) is 8.05. The van der Waals surface area contributed by atoms with E-state index in [2.05, 4.69) is 5.32 Å². The van der Waals surface area contributed by atoms with E-state index in [-0.39, 0.29) is 12.2 Å². The van der Waals surface area contributed by atoms with E-state index in [9.17, 15) is 14.4 Å². The number of nitrogens with two attached hydrogens (primary N) is 1. The smallest absolute Gasteiger partial charge is 0.338 e. The van der Waals surface area contributed by atoms with Gasteiger partial charge >= 0.3 is 5.97 Å². The van der Waals surface area contributed by atoms with Crippen LogP contribution in [0.2, 0.25) is 0 Å². The molecule has 0 saturated heterocycles. The minimum absolute atomic E-state index is 0.247. The average molecular weight is 356 g/mol. The Bertz CT molecular complexity index is 770. The quantitative estimate of drug-likeness (QED) is 0.703. The number of ether oxygens (including phenoxy) is 2. The lowest BCUT2D eigenvalue weighted by atomic mass is 10.1. The fourth-order valence-electron chi connectivity index (χ4n) is 2.08. The molecule has 0 heterocycles. The zero-order valence-corrected chi connectivity index (χ0v) is 14.4. The fourth-order valence-corrected chi connectivity index (χ4v) is 2.08. The SMILES string of the molecule is CCc1ccc(NC(=O)COC(=O)c2ccc(OCC(N)=O)cc2)cc1. The topological polar surface area (TPSA) is 108 Å². The Balaban J connectivity index is 1.81. The van der Waals surface area contributed by atoms with Crippen LogP contribution in [0.25, 0.3) is 0 Å². The number of primary amides is 1. The van der Waals surface area contributed by atoms with Gasteiger partial charge in [-0.2, -0.15) is 0 Å². The summed E-state index contributed by atoms with van der Waals surface area (Å²) in [5.74, 6) is -1.26. The molecule has 2 rings (SSSR count). The summed E-state index contributed by atoms with van der Waals surface area (Å²) < 4.78 is 10.1. The van der Waals surface area contributed by atoms with Gasteiger partial charge in [0.25, 0.3) is 11.8 Å². The summed E-state index contributed by atoms with van der Waals surface area (Å²) in [5.41, 5.74) is 7.04. The molecule has 0 saturated carbocycles. The Kier molecular flexibility index (Phi) is 6.73. The first-order valence-electron chi connectivity index (χ1n) is 8.05. The lowest BCUT2D eigenvalue weighted by Gasteiger charge is -2.08. The van der Waals surface area contributed by atoms with E-state index in [1.54, 1.807) is 12.1 Å². The molecule has 0 radical (unpaired) electrons. The van der Waals surface area contributed by atoms with Crippen LogP contribution in [0.3, 0.4) is 0 Å². The van der Waals surface area contributed by atoms with Crippen LogP contribution in [0.15, 0.2) is 48.5 Å². The number of carbonyl (C=O) groups is 3. The monoisotopic (exact) mass is 356 g/mol. The van der Waals surface area contributed by atoms with Crippen molar-refractivity contribution in [1.82, 2.24) is 0 Å². The molecule has 0 aliphatic carbocycles.